The van der Waals surface area contributed by atoms with E-state index in [0.717, 1.165) is 71.6 Å². The highest BCUT2D eigenvalue weighted by Crippen LogP contribution is 2.35. The monoisotopic (exact) mass is 576 g/mol. The highest BCUT2D eigenvalue weighted by atomic mass is 32.2. The Bertz CT molecular complexity index is 1270. The van der Waals surface area contributed by atoms with E-state index in [9.17, 15) is 28.2 Å². The number of hydrogen-bond acceptors (Lipinski definition) is 6. The van der Waals surface area contributed by atoms with Crippen LogP contribution in [-0.2, 0) is 11.0 Å². The highest BCUT2D eigenvalue weighted by Gasteiger charge is 2.32. The lowest BCUT2D eigenvalue weighted by Gasteiger charge is -2.38. The predicted octanol–water partition coefficient (Wildman–Crippen LogP) is 6.67. The summed E-state index contributed by atoms with van der Waals surface area (Å²) in [4.78, 5) is 19.1. The Kier molecular flexibility index (Phi) is 10.3. The smallest absolute Gasteiger partial charge is 0.416 e. The topological polar surface area (TPSA) is 82.9 Å². The van der Waals surface area contributed by atoms with Gasteiger partial charge in [-0.15, -0.1) is 11.8 Å². The van der Waals surface area contributed by atoms with E-state index < -0.39 is 23.8 Å². The number of likely N-dealkylation sites (tertiary alicyclic amines) is 1. The molecule has 2 N–H and O–H groups in total. The predicted molar refractivity (Wildman–Crippen MR) is 150 cm³/mol. The van der Waals surface area contributed by atoms with Gasteiger partial charge in [0.2, 0.25) is 0 Å². The molecule has 1 saturated heterocycles. The molecule has 10 heteroatoms. The van der Waals surface area contributed by atoms with Crippen molar-refractivity contribution in [1.29, 1.82) is 0 Å². The normalized spacial score (nSPS) is 19.0. The molecule has 0 aliphatic carbocycles. The lowest BCUT2D eigenvalue weighted by Crippen LogP contribution is -2.42. The molecule has 6 nitrogen and oxygen atoms in total. The van der Waals surface area contributed by atoms with E-state index in [1.165, 1.54) is 23.9 Å². The maximum absolute atomic E-state index is 12.8. The molecule has 1 aliphatic heterocycles. The summed E-state index contributed by atoms with van der Waals surface area (Å²) in [5, 5.41) is 21.5. The van der Waals surface area contributed by atoms with Crippen molar-refractivity contribution in [3.8, 4) is 5.75 Å². The number of carbonyl (C=O) groups is 1. The molecule has 1 fully saturated rings. The van der Waals surface area contributed by atoms with Gasteiger partial charge < -0.3 is 19.8 Å². The molecule has 1 aliphatic rings. The van der Waals surface area contributed by atoms with Crippen LogP contribution in [0.1, 0.15) is 49.3 Å². The zero-order valence-corrected chi connectivity index (χ0v) is 23.3. The first kappa shape index (κ1) is 30.1. The highest BCUT2D eigenvalue weighted by molar-refractivity contribution is 7.99. The number of aromatic nitrogens is 1. The van der Waals surface area contributed by atoms with Crippen molar-refractivity contribution in [2.45, 2.75) is 49.3 Å². The number of rotatable bonds is 12. The van der Waals surface area contributed by atoms with Crippen LogP contribution < -0.4 is 4.74 Å². The van der Waals surface area contributed by atoms with Crippen LogP contribution in [-0.4, -0.2) is 58.6 Å². The van der Waals surface area contributed by atoms with Crippen LogP contribution in [0.3, 0.4) is 0 Å². The maximum atomic E-state index is 12.8. The Labute approximate surface area is 236 Å². The fraction of sp³-hybridized carbons (Fsp3) is 0.467. The number of carboxylic acid groups (broad SMARTS) is 1. The standard InChI is InChI=1S/C30H35F3N2O4S/c1-39-23-6-9-27-26(18-23)25(11-13-34-27)28(36)10-3-20-12-15-35(19-21(20)17-29(37)38)14-2-16-40-24-7-4-22(5-8-24)30(31,32)33/h4-9,11,13,18,20-21,28,36H,2-3,10,12,14-17,19H2,1H3,(H,37,38)/t20-,21+,28-/m1/s1. The Hall–Kier alpha value is -2.82. The van der Waals surface area contributed by atoms with Crippen molar-refractivity contribution in [3.63, 3.8) is 0 Å². The van der Waals surface area contributed by atoms with Gasteiger partial charge in [-0.2, -0.15) is 13.2 Å². The molecular formula is C30H35F3N2O4S. The molecule has 216 valence electrons. The van der Waals surface area contributed by atoms with Gasteiger partial charge >= 0.3 is 12.1 Å². The minimum atomic E-state index is -4.33. The van der Waals surface area contributed by atoms with Crippen LogP contribution in [0.15, 0.2) is 59.6 Å². The van der Waals surface area contributed by atoms with Crippen molar-refractivity contribution in [1.82, 2.24) is 9.88 Å². The van der Waals surface area contributed by atoms with Gasteiger partial charge in [0.15, 0.2) is 0 Å². The van der Waals surface area contributed by atoms with Crippen LogP contribution in [0.25, 0.3) is 10.9 Å². The minimum Gasteiger partial charge on any atom is -0.497 e. The number of nitrogens with zero attached hydrogens (tertiary/aromatic N) is 2. The molecule has 2 aromatic carbocycles. The number of thioether (sulfide) groups is 1. The van der Waals surface area contributed by atoms with E-state index in [4.69, 9.17) is 4.74 Å². The number of benzene rings is 2. The summed E-state index contributed by atoms with van der Waals surface area (Å²) in [5.41, 5.74) is 0.929. The Morgan fingerprint density at radius 2 is 1.95 bits per heavy atom. The average Bonchev–Trinajstić information content (AvgIpc) is 2.93. The van der Waals surface area contributed by atoms with Crippen molar-refractivity contribution in [2.24, 2.45) is 11.8 Å². The fourth-order valence-electron chi connectivity index (χ4n) is 5.50. The third kappa shape index (κ3) is 8.11. The first-order valence-electron chi connectivity index (χ1n) is 13.5. The second kappa shape index (κ2) is 13.7. The Morgan fingerprint density at radius 1 is 1.18 bits per heavy atom. The van der Waals surface area contributed by atoms with Crippen LogP contribution in [0, 0.1) is 11.8 Å². The van der Waals surface area contributed by atoms with Gasteiger partial charge in [0.25, 0.3) is 0 Å². The molecular weight excluding hydrogens is 541 g/mol. The van der Waals surface area contributed by atoms with Crippen molar-refractivity contribution >= 4 is 28.6 Å². The number of alkyl halides is 3. The molecule has 40 heavy (non-hydrogen) atoms. The van der Waals surface area contributed by atoms with Gasteiger partial charge in [-0.3, -0.25) is 9.78 Å². The first-order valence-corrected chi connectivity index (χ1v) is 14.5. The van der Waals surface area contributed by atoms with E-state index in [-0.39, 0.29) is 18.3 Å². The second-order valence-electron chi connectivity index (χ2n) is 10.3. The van der Waals surface area contributed by atoms with Gasteiger partial charge in [0.1, 0.15) is 5.75 Å². The van der Waals surface area contributed by atoms with Crippen LogP contribution >= 0.6 is 11.8 Å². The largest absolute Gasteiger partial charge is 0.497 e. The SMILES string of the molecule is COc1ccc2nccc([C@H](O)CC[C@@H]3CCN(CCCSc4ccc(C(F)(F)F)cc4)C[C@@H]3CC(=O)O)c2c1. The van der Waals surface area contributed by atoms with E-state index in [2.05, 4.69) is 9.88 Å². The van der Waals surface area contributed by atoms with Crippen LogP contribution in [0.5, 0.6) is 5.75 Å². The molecule has 0 amide bonds. The van der Waals surface area contributed by atoms with Crippen LogP contribution in [0.2, 0.25) is 0 Å². The molecule has 0 unspecified atom stereocenters. The number of aliphatic carboxylic acids is 1. The van der Waals surface area contributed by atoms with Gasteiger partial charge in [-0.1, -0.05) is 0 Å². The molecule has 0 bridgehead atoms. The van der Waals surface area contributed by atoms with E-state index in [1.807, 2.05) is 24.3 Å². The summed E-state index contributed by atoms with van der Waals surface area (Å²) in [7, 11) is 1.60. The number of methoxy groups -OCH3 is 1. The number of hydrogen-bond donors (Lipinski definition) is 2. The third-order valence-corrected chi connectivity index (χ3v) is 8.73. The minimum absolute atomic E-state index is 0.00436. The molecule has 2 heterocycles. The van der Waals surface area contributed by atoms with Gasteiger partial charge in [0.05, 0.1) is 24.3 Å². The number of aliphatic hydroxyl groups excluding tert-OH is 1. The number of ether oxygens (including phenoxy) is 1. The quantitative estimate of drug-likeness (QED) is 0.184. The Balaban J connectivity index is 1.28. The number of halogens is 3. The summed E-state index contributed by atoms with van der Waals surface area (Å²) in [5.74, 6) is 0.843. The van der Waals surface area contributed by atoms with Gasteiger partial charge in [-0.25, -0.2) is 0 Å². The van der Waals surface area contributed by atoms with Gasteiger partial charge in [0, 0.05) is 29.4 Å². The summed E-state index contributed by atoms with van der Waals surface area (Å²) in [6.45, 7) is 2.36. The van der Waals surface area contributed by atoms with Crippen molar-refractivity contribution in [3.05, 3.63) is 65.9 Å². The van der Waals surface area contributed by atoms with E-state index in [1.54, 1.807) is 13.3 Å². The number of carboxylic acids is 1. The van der Waals surface area contributed by atoms with E-state index >= 15 is 0 Å². The van der Waals surface area contributed by atoms with Gasteiger partial charge in [-0.05, 0) is 110 Å². The molecule has 4 rings (SSSR count). The Morgan fingerprint density at radius 3 is 2.65 bits per heavy atom. The summed E-state index contributed by atoms with van der Waals surface area (Å²) in [6, 6.07) is 12.6. The molecule has 1 aromatic heterocycles. The summed E-state index contributed by atoms with van der Waals surface area (Å²) in [6.07, 6.45) is -0.271. The second-order valence-corrected chi connectivity index (χ2v) is 11.5. The first-order chi connectivity index (χ1) is 19.1. The zero-order chi connectivity index (χ0) is 28.7. The molecule has 0 radical (unpaired) electrons. The molecule has 0 spiro atoms. The fourth-order valence-corrected chi connectivity index (χ4v) is 6.34. The number of aliphatic hydroxyl groups is 1. The third-order valence-electron chi connectivity index (χ3n) is 7.63. The molecule has 3 atom stereocenters. The van der Waals surface area contributed by atoms with Crippen LogP contribution in [0.4, 0.5) is 13.2 Å². The van der Waals surface area contributed by atoms with Crippen molar-refractivity contribution in [2.75, 3.05) is 32.5 Å². The van der Waals surface area contributed by atoms with Crippen molar-refractivity contribution < 1.29 is 32.9 Å². The average molecular weight is 577 g/mol. The lowest BCUT2D eigenvalue weighted by molar-refractivity contribution is -0.139. The zero-order valence-electron chi connectivity index (χ0n) is 22.4. The molecule has 0 saturated carbocycles. The molecule has 3 aromatic rings. The number of fused-ring (bicyclic) bond motifs is 1. The number of pyridine rings is 1. The van der Waals surface area contributed by atoms with E-state index in [0.29, 0.717) is 18.7 Å². The maximum Gasteiger partial charge on any atom is 0.416 e. The summed E-state index contributed by atoms with van der Waals surface area (Å²) < 4.78 is 43.6. The lowest BCUT2D eigenvalue weighted by atomic mass is 9.79. The summed E-state index contributed by atoms with van der Waals surface area (Å²) >= 11 is 1.52. The number of piperidine rings is 1.